The molecular weight excluding hydrogens is 308 g/mol. The molecule has 3 aromatic rings. The van der Waals surface area contributed by atoms with Crippen molar-refractivity contribution >= 4 is 27.5 Å². The Morgan fingerprint density at radius 2 is 1.95 bits per heavy atom. The van der Waals surface area contributed by atoms with Crippen molar-refractivity contribution in [1.82, 2.24) is 9.38 Å². The van der Waals surface area contributed by atoms with Gasteiger partial charge in [0.05, 0.1) is 11.3 Å². The first-order valence-electron chi connectivity index (χ1n) is 5.61. The first-order valence-corrected chi connectivity index (χ1v) is 6.41. The molecule has 5 heteroatoms. The fourth-order valence-corrected chi connectivity index (χ4v) is 2.14. The van der Waals surface area contributed by atoms with Crippen LogP contribution < -0.4 is 0 Å². The van der Waals surface area contributed by atoms with Crippen LogP contribution in [0.2, 0.25) is 0 Å². The average molecular weight is 317 g/mol. The number of rotatable bonds is 2. The molecule has 3 rings (SSSR count). The Morgan fingerprint density at radius 1 is 1.21 bits per heavy atom. The number of nitrogens with zero attached hydrogens (tertiary/aromatic N) is 2. The van der Waals surface area contributed by atoms with Crippen LogP contribution in [0.4, 0.5) is 0 Å². The Hall–Kier alpha value is -2.14. The van der Waals surface area contributed by atoms with Gasteiger partial charge in [0, 0.05) is 22.4 Å². The molecular formula is C14H9BrN2O2. The number of aromatic nitrogens is 2. The first-order chi connectivity index (χ1) is 9.13. The van der Waals surface area contributed by atoms with E-state index >= 15 is 0 Å². The Balaban J connectivity index is 2.11. The third-order valence-electron chi connectivity index (χ3n) is 2.85. The number of hydrogen-bond acceptors (Lipinski definition) is 2. The predicted molar refractivity (Wildman–Crippen MR) is 75.3 cm³/mol. The van der Waals surface area contributed by atoms with Crippen LogP contribution in [0.3, 0.4) is 0 Å². The SMILES string of the molecule is O=C(O)c1ccn2cc(-c3ccc(Br)cc3)nc2c1. The number of benzene rings is 1. The van der Waals surface area contributed by atoms with E-state index in [0.29, 0.717) is 5.65 Å². The second-order valence-electron chi connectivity index (χ2n) is 4.12. The fraction of sp³-hybridized carbons (Fsp3) is 0. The maximum Gasteiger partial charge on any atom is 0.335 e. The third kappa shape index (κ3) is 2.24. The molecule has 0 spiro atoms. The smallest absolute Gasteiger partial charge is 0.335 e. The van der Waals surface area contributed by atoms with Crippen molar-refractivity contribution in [2.75, 3.05) is 0 Å². The quantitative estimate of drug-likeness (QED) is 0.787. The molecule has 0 amide bonds. The summed E-state index contributed by atoms with van der Waals surface area (Å²) in [4.78, 5) is 15.4. The lowest BCUT2D eigenvalue weighted by molar-refractivity contribution is 0.0697. The molecule has 0 bridgehead atoms. The Morgan fingerprint density at radius 3 is 2.63 bits per heavy atom. The summed E-state index contributed by atoms with van der Waals surface area (Å²) in [6, 6.07) is 10.9. The van der Waals surface area contributed by atoms with Crippen LogP contribution in [0.1, 0.15) is 10.4 Å². The number of carbonyl (C=O) groups is 1. The van der Waals surface area contributed by atoms with Gasteiger partial charge in [0.1, 0.15) is 5.65 Å². The van der Waals surface area contributed by atoms with E-state index in [1.54, 1.807) is 18.3 Å². The summed E-state index contributed by atoms with van der Waals surface area (Å²) >= 11 is 3.39. The molecule has 0 fully saturated rings. The van der Waals surface area contributed by atoms with Crippen molar-refractivity contribution in [1.29, 1.82) is 0 Å². The summed E-state index contributed by atoms with van der Waals surface area (Å²) < 4.78 is 2.82. The van der Waals surface area contributed by atoms with E-state index in [1.165, 1.54) is 0 Å². The highest BCUT2D eigenvalue weighted by Crippen LogP contribution is 2.21. The van der Waals surface area contributed by atoms with Crippen molar-refractivity contribution in [3.8, 4) is 11.3 Å². The van der Waals surface area contributed by atoms with E-state index in [4.69, 9.17) is 5.11 Å². The zero-order valence-electron chi connectivity index (χ0n) is 9.75. The molecule has 0 aliphatic rings. The van der Waals surface area contributed by atoms with E-state index in [9.17, 15) is 4.79 Å². The highest BCUT2D eigenvalue weighted by Gasteiger charge is 2.07. The van der Waals surface area contributed by atoms with Gasteiger partial charge >= 0.3 is 5.97 Å². The van der Waals surface area contributed by atoms with Crippen LogP contribution in [-0.4, -0.2) is 20.5 Å². The predicted octanol–water partition coefficient (Wildman–Crippen LogP) is 3.46. The summed E-state index contributed by atoms with van der Waals surface area (Å²) in [5.41, 5.74) is 2.66. The molecule has 0 aliphatic carbocycles. The van der Waals surface area contributed by atoms with Crippen molar-refractivity contribution < 1.29 is 9.90 Å². The van der Waals surface area contributed by atoms with E-state index in [-0.39, 0.29) is 5.56 Å². The molecule has 0 saturated heterocycles. The minimum absolute atomic E-state index is 0.237. The highest BCUT2D eigenvalue weighted by atomic mass is 79.9. The van der Waals surface area contributed by atoms with Crippen LogP contribution in [0.15, 0.2) is 53.3 Å². The Labute approximate surface area is 117 Å². The van der Waals surface area contributed by atoms with E-state index in [2.05, 4.69) is 20.9 Å². The molecule has 1 aromatic carbocycles. The summed E-state index contributed by atoms with van der Waals surface area (Å²) in [5, 5.41) is 8.96. The summed E-state index contributed by atoms with van der Waals surface area (Å²) in [5.74, 6) is -0.948. The zero-order chi connectivity index (χ0) is 13.4. The van der Waals surface area contributed by atoms with Crippen LogP contribution in [0.5, 0.6) is 0 Å². The number of pyridine rings is 1. The van der Waals surface area contributed by atoms with Gasteiger partial charge in [-0.25, -0.2) is 9.78 Å². The van der Waals surface area contributed by atoms with Gasteiger partial charge in [-0.3, -0.25) is 0 Å². The zero-order valence-corrected chi connectivity index (χ0v) is 11.3. The van der Waals surface area contributed by atoms with Gasteiger partial charge in [0.25, 0.3) is 0 Å². The van der Waals surface area contributed by atoms with E-state index in [1.807, 2.05) is 34.9 Å². The Bertz CT molecular complexity index is 763. The van der Waals surface area contributed by atoms with Gasteiger partial charge in [-0.1, -0.05) is 28.1 Å². The van der Waals surface area contributed by atoms with E-state index < -0.39 is 5.97 Å². The van der Waals surface area contributed by atoms with Crippen LogP contribution >= 0.6 is 15.9 Å². The van der Waals surface area contributed by atoms with Gasteiger partial charge in [-0.05, 0) is 24.3 Å². The van der Waals surface area contributed by atoms with Gasteiger partial charge in [-0.2, -0.15) is 0 Å². The van der Waals surface area contributed by atoms with Crippen molar-refractivity contribution in [3.05, 3.63) is 58.8 Å². The largest absolute Gasteiger partial charge is 0.478 e. The standard InChI is InChI=1S/C14H9BrN2O2/c15-11-3-1-9(2-4-11)12-8-17-6-5-10(14(18)19)7-13(17)16-12/h1-8H,(H,18,19). The lowest BCUT2D eigenvalue weighted by atomic mass is 10.2. The summed E-state index contributed by atoms with van der Waals surface area (Å²) in [6.07, 6.45) is 3.58. The van der Waals surface area contributed by atoms with Gasteiger partial charge in [0.15, 0.2) is 0 Å². The van der Waals surface area contributed by atoms with Crippen molar-refractivity contribution in [2.24, 2.45) is 0 Å². The monoisotopic (exact) mass is 316 g/mol. The normalized spacial score (nSPS) is 10.8. The number of carboxylic acids is 1. The topological polar surface area (TPSA) is 54.6 Å². The second-order valence-corrected chi connectivity index (χ2v) is 5.03. The molecule has 4 nitrogen and oxygen atoms in total. The number of hydrogen-bond donors (Lipinski definition) is 1. The summed E-state index contributed by atoms with van der Waals surface area (Å²) in [7, 11) is 0. The van der Waals surface area contributed by atoms with Crippen molar-refractivity contribution in [2.45, 2.75) is 0 Å². The molecule has 19 heavy (non-hydrogen) atoms. The molecule has 0 unspecified atom stereocenters. The minimum Gasteiger partial charge on any atom is -0.478 e. The molecule has 2 heterocycles. The lowest BCUT2D eigenvalue weighted by Gasteiger charge is -1.95. The number of aromatic carboxylic acids is 1. The second kappa shape index (κ2) is 4.51. The van der Waals surface area contributed by atoms with Crippen LogP contribution in [0, 0.1) is 0 Å². The van der Waals surface area contributed by atoms with Gasteiger partial charge in [0.2, 0.25) is 0 Å². The van der Waals surface area contributed by atoms with Crippen molar-refractivity contribution in [3.63, 3.8) is 0 Å². The maximum absolute atomic E-state index is 10.9. The van der Waals surface area contributed by atoms with Crippen LogP contribution in [-0.2, 0) is 0 Å². The van der Waals surface area contributed by atoms with Gasteiger partial charge < -0.3 is 9.51 Å². The maximum atomic E-state index is 10.9. The highest BCUT2D eigenvalue weighted by molar-refractivity contribution is 9.10. The van der Waals surface area contributed by atoms with Crippen LogP contribution in [0.25, 0.3) is 16.9 Å². The number of fused-ring (bicyclic) bond motifs is 1. The molecule has 0 aliphatic heterocycles. The molecule has 94 valence electrons. The number of halogens is 1. The van der Waals surface area contributed by atoms with E-state index in [0.717, 1.165) is 15.7 Å². The molecule has 0 saturated carbocycles. The van der Waals surface area contributed by atoms with Gasteiger partial charge in [-0.15, -0.1) is 0 Å². The number of imidazole rings is 1. The average Bonchev–Trinajstić information content (AvgIpc) is 2.82. The summed E-state index contributed by atoms with van der Waals surface area (Å²) in [6.45, 7) is 0. The molecule has 0 atom stereocenters. The first kappa shape index (κ1) is 11.9. The molecule has 0 radical (unpaired) electrons. The lowest BCUT2D eigenvalue weighted by Crippen LogP contribution is -1.96. The Kier molecular flexibility index (Phi) is 2.83. The molecule has 1 N–H and O–H groups in total. The number of carboxylic acid groups (broad SMARTS) is 1. The fourth-order valence-electron chi connectivity index (χ4n) is 1.87. The minimum atomic E-state index is -0.948. The molecule has 2 aromatic heterocycles. The third-order valence-corrected chi connectivity index (χ3v) is 3.38.